The molecule has 0 unspecified atom stereocenters. The fourth-order valence-electron chi connectivity index (χ4n) is 2.60. The van der Waals surface area contributed by atoms with Crippen LogP contribution in [0.25, 0.3) is 0 Å². The van der Waals surface area contributed by atoms with Crippen molar-refractivity contribution in [2.75, 3.05) is 47.0 Å². The number of hydrogen-bond donors (Lipinski definition) is 1. The third-order valence-electron chi connectivity index (χ3n) is 4.12. The van der Waals surface area contributed by atoms with Crippen LogP contribution in [0.2, 0.25) is 0 Å². The zero-order valence-electron chi connectivity index (χ0n) is 13.1. The van der Waals surface area contributed by atoms with E-state index in [2.05, 4.69) is 15.2 Å². The molecule has 6 nitrogen and oxygen atoms in total. The summed E-state index contributed by atoms with van der Waals surface area (Å²) in [5, 5.41) is 3.33. The second-order valence-electron chi connectivity index (χ2n) is 5.78. The van der Waals surface area contributed by atoms with Crippen molar-refractivity contribution in [3.8, 4) is 0 Å². The lowest BCUT2D eigenvalue weighted by atomic mass is 9.97. The number of aliphatic imine (C=N–C) groups is 1. The van der Waals surface area contributed by atoms with Crippen LogP contribution >= 0.6 is 0 Å². The second kappa shape index (κ2) is 8.22. The van der Waals surface area contributed by atoms with Gasteiger partial charge in [-0.3, -0.25) is 9.79 Å². The van der Waals surface area contributed by atoms with E-state index < -0.39 is 0 Å². The smallest absolute Gasteiger partial charge is 0.308 e. The van der Waals surface area contributed by atoms with Gasteiger partial charge in [-0.2, -0.15) is 0 Å². The number of carbonyl (C=O) groups excluding carboxylic acids is 1. The highest BCUT2D eigenvalue weighted by Gasteiger charge is 2.26. The minimum absolute atomic E-state index is 0.0335. The van der Waals surface area contributed by atoms with Crippen LogP contribution in [-0.2, 0) is 14.3 Å². The Bertz CT molecular complexity index is 361. The molecule has 0 amide bonds. The van der Waals surface area contributed by atoms with Crippen LogP contribution in [0.1, 0.15) is 25.7 Å². The van der Waals surface area contributed by atoms with Gasteiger partial charge in [0.15, 0.2) is 5.96 Å². The summed E-state index contributed by atoms with van der Waals surface area (Å²) in [6.45, 7) is 4.06. The molecule has 1 heterocycles. The molecule has 2 fully saturated rings. The molecule has 2 aliphatic rings. The maximum atomic E-state index is 11.5. The lowest BCUT2D eigenvalue weighted by Gasteiger charge is -2.33. The van der Waals surface area contributed by atoms with Gasteiger partial charge in [-0.25, -0.2) is 0 Å². The van der Waals surface area contributed by atoms with Gasteiger partial charge in [-0.1, -0.05) is 0 Å². The normalized spacial score (nSPS) is 20.5. The molecule has 1 saturated carbocycles. The molecule has 120 valence electrons. The molecule has 1 saturated heterocycles. The van der Waals surface area contributed by atoms with E-state index >= 15 is 0 Å². The van der Waals surface area contributed by atoms with Crippen LogP contribution in [0.3, 0.4) is 0 Å². The van der Waals surface area contributed by atoms with E-state index in [0.717, 1.165) is 51.0 Å². The SMILES string of the molecule is CN=C(NCCOCC1CC1)N1CCC(C(=O)OC)CC1. The topological polar surface area (TPSA) is 63.2 Å². The Hall–Kier alpha value is -1.30. The lowest BCUT2D eigenvalue weighted by Crippen LogP contribution is -2.47. The summed E-state index contributed by atoms with van der Waals surface area (Å²) in [4.78, 5) is 18.0. The Balaban J connectivity index is 1.63. The van der Waals surface area contributed by atoms with E-state index in [1.54, 1.807) is 7.05 Å². The molecular weight excluding hydrogens is 270 g/mol. The van der Waals surface area contributed by atoms with Crippen LogP contribution in [0.15, 0.2) is 4.99 Å². The quantitative estimate of drug-likeness (QED) is 0.341. The summed E-state index contributed by atoms with van der Waals surface area (Å²) in [7, 11) is 3.25. The summed E-state index contributed by atoms with van der Waals surface area (Å²) in [6.07, 6.45) is 4.30. The van der Waals surface area contributed by atoms with Crippen molar-refractivity contribution in [2.24, 2.45) is 16.8 Å². The zero-order valence-corrected chi connectivity index (χ0v) is 13.1. The number of methoxy groups -OCH3 is 1. The number of nitrogens with zero attached hydrogens (tertiary/aromatic N) is 2. The van der Waals surface area contributed by atoms with Gasteiger partial charge in [0, 0.05) is 33.3 Å². The molecule has 0 aromatic carbocycles. The number of rotatable bonds is 6. The first-order chi connectivity index (χ1) is 10.2. The average Bonchev–Trinajstić information content (AvgIpc) is 3.34. The van der Waals surface area contributed by atoms with Crippen LogP contribution in [0.5, 0.6) is 0 Å². The van der Waals surface area contributed by atoms with Gasteiger partial charge in [-0.15, -0.1) is 0 Å². The molecular formula is C15H27N3O3. The molecule has 1 aliphatic carbocycles. The average molecular weight is 297 g/mol. The first-order valence-corrected chi connectivity index (χ1v) is 7.85. The molecule has 0 aromatic rings. The molecule has 0 aromatic heterocycles. The minimum Gasteiger partial charge on any atom is -0.469 e. The minimum atomic E-state index is -0.0916. The van der Waals surface area contributed by atoms with Crippen molar-refractivity contribution in [2.45, 2.75) is 25.7 Å². The van der Waals surface area contributed by atoms with E-state index in [-0.39, 0.29) is 11.9 Å². The number of esters is 1. The first kappa shape index (κ1) is 16.1. The van der Waals surface area contributed by atoms with Gasteiger partial charge in [0.05, 0.1) is 19.6 Å². The third-order valence-corrected chi connectivity index (χ3v) is 4.12. The molecule has 6 heteroatoms. The highest BCUT2D eigenvalue weighted by atomic mass is 16.5. The summed E-state index contributed by atoms with van der Waals surface area (Å²) >= 11 is 0. The van der Waals surface area contributed by atoms with Crippen molar-refractivity contribution in [3.63, 3.8) is 0 Å². The van der Waals surface area contributed by atoms with Gasteiger partial charge >= 0.3 is 5.97 Å². The van der Waals surface area contributed by atoms with Crippen LogP contribution < -0.4 is 5.32 Å². The monoisotopic (exact) mass is 297 g/mol. The number of ether oxygens (including phenoxy) is 2. The number of hydrogen-bond acceptors (Lipinski definition) is 4. The summed E-state index contributed by atoms with van der Waals surface area (Å²) in [5.74, 6) is 1.65. The first-order valence-electron chi connectivity index (χ1n) is 7.85. The molecule has 0 atom stereocenters. The molecule has 0 bridgehead atoms. The van der Waals surface area contributed by atoms with Crippen molar-refractivity contribution >= 4 is 11.9 Å². The zero-order chi connectivity index (χ0) is 15.1. The maximum Gasteiger partial charge on any atom is 0.308 e. The molecule has 0 spiro atoms. The molecule has 0 radical (unpaired) electrons. The Morgan fingerprint density at radius 1 is 1.29 bits per heavy atom. The van der Waals surface area contributed by atoms with E-state index in [0.29, 0.717) is 6.61 Å². The molecule has 2 rings (SSSR count). The highest BCUT2D eigenvalue weighted by molar-refractivity contribution is 5.80. The summed E-state index contributed by atoms with van der Waals surface area (Å²) in [5.41, 5.74) is 0. The highest BCUT2D eigenvalue weighted by Crippen LogP contribution is 2.28. The van der Waals surface area contributed by atoms with Gasteiger partial charge in [-0.05, 0) is 31.6 Å². The van der Waals surface area contributed by atoms with Crippen molar-refractivity contribution in [1.29, 1.82) is 0 Å². The number of carbonyl (C=O) groups is 1. The van der Waals surface area contributed by atoms with Gasteiger partial charge in [0.1, 0.15) is 0 Å². The Labute approximate surface area is 126 Å². The van der Waals surface area contributed by atoms with Crippen molar-refractivity contribution in [1.82, 2.24) is 10.2 Å². The number of likely N-dealkylation sites (tertiary alicyclic amines) is 1. The van der Waals surface area contributed by atoms with Crippen molar-refractivity contribution < 1.29 is 14.3 Å². The van der Waals surface area contributed by atoms with E-state index in [1.165, 1.54) is 20.0 Å². The Morgan fingerprint density at radius 2 is 2.00 bits per heavy atom. The van der Waals surface area contributed by atoms with Crippen LogP contribution in [-0.4, -0.2) is 63.8 Å². The van der Waals surface area contributed by atoms with E-state index in [4.69, 9.17) is 9.47 Å². The van der Waals surface area contributed by atoms with Crippen LogP contribution in [0, 0.1) is 11.8 Å². The van der Waals surface area contributed by atoms with Gasteiger partial charge < -0.3 is 19.7 Å². The fourth-order valence-corrected chi connectivity index (χ4v) is 2.60. The number of nitrogens with one attached hydrogen (secondary N) is 1. The predicted molar refractivity (Wildman–Crippen MR) is 81.2 cm³/mol. The fraction of sp³-hybridized carbons (Fsp3) is 0.867. The summed E-state index contributed by atoms with van der Waals surface area (Å²) in [6, 6.07) is 0. The van der Waals surface area contributed by atoms with Crippen LogP contribution in [0.4, 0.5) is 0 Å². The maximum absolute atomic E-state index is 11.5. The number of piperidine rings is 1. The Morgan fingerprint density at radius 3 is 2.57 bits per heavy atom. The largest absolute Gasteiger partial charge is 0.469 e. The molecule has 1 N–H and O–H groups in total. The summed E-state index contributed by atoms with van der Waals surface area (Å²) < 4.78 is 10.4. The van der Waals surface area contributed by atoms with E-state index in [1.807, 2.05) is 0 Å². The van der Waals surface area contributed by atoms with Gasteiger partial charge in [0.25, 0.3) is 0 Å². The predicted octanol–water partition coefficient (Wildman–Crippen LogP) is 0.873. The van der Waals surface area contributed by atoms with E-state index in [9.17, 15) is 4.79 Å². The van der Waals surface area contributed by atoms with Gasteiger partial charge in [0.2, 0.25) is 0 Å². The Kier molecular flexibility index (Phi) is 6.29. The lowest BCUT2D eigenvalue weighted by molar-refractivity contribution is -0.146. The molecule has 1 aliphatic heterocycles. The number of guanidine groups is 1. The molecule has 21 heavy (non-hydrogen) atoms. The van der Waals surface area contributed by atoms with Crippen molar-refractivity contribution in [3.05, 3.63) is 0 Å². The third kappa shape index (κ3) is 5.19. The second-order valence-corrected chi connectivity index (χ2v) is 5.78. The standard InChI is InChI=1S/C15H27N3O3/c1-16-15(17-7-10-21-11-12-3-4-12)18-8-5-13(6-9-18)14(19)20-2/h12-13H,3-11H2,1-2H3,(H,16,17).